The largest absolute Gasteiger partial charge is 0.473 e. The molecule has 1 aromatic carbocycles. The lowest BCUT2D eigenvalue weighted by Gasteiger charge is -2.31. The summed E-state index contributed by atoms with van der Waals surface area (Å²) in [5.41, 5.74) is 1.69. The van der Waals surface area contributed by atoms with Crippen molar-refractivity contribution >= 4 is 28.5 Å². The summed E-state index contributed by atoms with van der Waals surface area (Å²) >= 11 is 5.61. The van der Waals surface area contributed by atoms with Gasteiger partial charge in [-0.1, -0.05) is 12.1 Å². The van der Waals surface area contributed by atoms with Crippen molar-refractivity contribution in [2.75, 3.05) is 19.0 Å². The summed E-state index contributed by atoms with van der Waals surface area (Å²) in [7, 11) is 0. The predicted octanol–water partition coefficient (Wildman–Crippen LogP) is 2.63. The van der Waals surface area contributed by atoms with Gasteiger partial charge in [0.1, 0.15) is 6.10 Å². The van der Waals surface area contributed by atoms with Gasteiger partial charge in [-0.05, 0) is 12.1 Å². The molecular formula is C16H18ClN3O2. The van der Waals surface area contributed by atoms with E-state index in [1.165, 1.54) is 0 Å². The van der Waals surface area contributed by atoms with Gasteiger partial charge in [-0.3, -0.25) is 4.79 Å². The number of hydrogen-bond acceptors (Lipinski definition) is 4. The van der Waals surface area contributed by atoms with Crippen molar-refractivity contribution in [3.8, 4) is 5.88 Å². The molecule has 1 fully saturated rings. The summed E-state index contributed by atoms with van der Waals surface area (Å²) in [6.45, 7) is 1.42. The number of likely N-dealkylation sites (tertiary alicyclic amines) is 1. The molecule has 1 aliphatic rings. The minimum atomic E-state index is 0.0792. The van der Waals surface area contributed by atoms with Gasteiger partial charge < -0.3 is 9.64 Å². The first-order valence-corrected chi connectivity index (χ1v) is 8.02. The van der Waals surface area contributed by atoms with Gasteiger partial charge in [-0.25, -0.2) is 9.97 Å². The van der Waals surface area contributed by atoms with Crippen molar-refractivity contribution < 1.29 is 9.53 Å². The SMILES string of the molecule is O=C(CCCl)N1CCC(Oc2cnc3ccccc3n2)CC1. The number of carbonyl (C=O) groups excluding carboxylic acids is 1. The fourth-order valence-electron chi connectivity index (χ4n) is 2.63. The number of alkyl halides is 1. The second kappa shape index (κ2) is 6.92. The van der Waals surface area contributed by atoms with E-state index in [-0.39, 0.29) is 12.0 Å². The van der Waals surface area contributed by atoms with Crippen LogP contribution in [-0.2, 0) is 4.79 Å². The van der Waals surface area contributed by atoms with Crippen LogP contribution in [0.15, 0.2) is 30.5 Å². The van der Waals surface area contributed by atoms with Crippen LogP contribution in [0.25, 0.3) is 11.0 Å². The molecule has 0 spiro atoms. The monoisotopic (exact) mass is 319 g/mol. The molecular weight excluding hydrogens is 302 g/mol. The molecule has 1 amide bonds. The molecule has 0 atom stereocenters. The zero-order valence-electron chi connectivity index (χ0n) is 12.2. The van der Waals surface area contributed by atoms with E-state index in [0.29, 0.717) is 31.3 Å². The van der Waals surface area contributed by atoms with Crippen molar-refractivity contribution in [3.05, 3.63) is 30.5 Å². The highest BCUT2D eigenvalue weighted by atomic mass is 35.5. The van der Waals surface area contributed by atoms with Crippen molar-refractivity contribution in [1.29, 1.82) is 0 Å². The smallest absolute Gasteiger partial charge is 0.233 e. The van der Waals surface area contributed by atoms with Gasteiger partial charge in [0.25, 0.3) is 0 Å². The summed E-state index contributed by atoms with van der Waals surface area (Å²) in [4.78, 5) is 22.5. The van der Waals surface area contributed by atoms with Gasteiger partial charge in [0.05, 0.1) is 17.2 Å². The van der Waals surface area contributed by atoms with E-state index in [2.05, 4.69) is 9.97 Å². The molecule has 3 rings (SSSR count). The lowest BCUT2D eigenvalue weighted by atomic mass is 10.1. The van der Waals surface area contributed by atoms with E-state index in [9.17, 15) is 4.79 Å². The van der Waals surface area contributed by atoms with E-state index in [1.54, 1.807) is 6.20 Å². The highest BCUT2D eigenvalue weighted by Crippen LogP contribution is 2.19. The van der Waals surface area contributed by atoms with Crippen LogP contribution in [0.2, 0.25) is 0 Å². The minimum Gasteiger partial charge on any atom is -0.473 e. The Labute approximate surface area is 134 Å². The molecule has 0 radical (unpaired) electrons. The number of fused-ring (bicyclic) bond motifs is 1. The van der Waals surface area contributed by atoms with Crippen molar-refractivity contribution in [1.82, 2.24) is 14.9 Å². The third kappa shape index (κ3) is 3.47. The predicted molar refractivity (Wildman–Crippen MR) is 85.1 cm³/mol. The lowest BCUT2D eigenvalue weighted by Crippen LogP contribution is -2.41. The molecule has 0 saturated carbocycles. The number of rotatable bonds is 4. The molecule has 5 nitrogen and oxygen atoms in total. The highest BCUT2D eigenvalue weighted by molar-refractivity contribution is 6.18. The Morgan fingerprint density at radius 3 is 2.73 bits per heavy atom. The Morgan fingerprint density at radius 1 is 1.27 bits per heavy atom. The summed E-state index contributed by atoms with van der Waals surface area (Å²) < 4.78 is 5.91. The second-order valence-corrected chi connectivity index (χ2v) is 5.71. The van der Waals surface area contributed by atoms with E-state index < -0.39 is 0 Å². The number of piperidine rings is 1. The highest BCUT2D eigenvalue weighted by Gasteiger charge is 2.23. The molecule has 2 heterocycles. The zero-order chi connectivity index (χ0) is 15.4. The van der Waals surface area contributed by atoms with Gasteiger partial charge in [0, 0.05) is 38.2 Å². The maximum absolute atomic E-state index is 11.8. The van der Waals surface area contributed by atoms with E-state index in [1.807, 2.05) is 29.2 Å². The fraction of sp³-hybridized carbons (Fsp3) is 0.438. The number of aromatic nitrogens is 2. The molecule has 6 heteroatoms. The number of ether oxygens (including phenoxy) is 1. The van der Waals surface area contributed by atoms with Gasteiger partial charge in [-0.2, -0.15) is 0 Å². The fourth-order valence-corrected chi connectivity index (χ4v) is 2.79. The number of hydrogen-bond donors (Lipinski definition) is 0. The first-order valence-electron chi connectivity index (χ1n) is 7.48. The Hall–Kier alpha value is -1.88. The van der Waals surface area contributed by atoms with Crippen LogP contribution in [-0.4, -0.2) is 45.8 Å². The maximum Gasteiger partial charge on any atom is 0.233 e. The van der Waals surface area contributed by atoms with E-state index in [4.69, 9.17) is 16.3 Å². The first kappa shape index (κ1) is 15.0. The average Bonchev–Trinajstić information content (AvgIpc) is 2.56. The standard InChI is InChI=1S/C16H18ClN3O2/c17-8-5-16(21)20-9-6-12(7-10-20)22-15-11-18-13-3-1-2-4-14(13)19-15/h1-4,11-12H,5-10H2. The molecule has 116 valence electrons. The van der Waals surface area contributed by atoms with Gasteiger partial charge in [-0.15, -0.1) is 11.6 Å². The lowest BCUT2D eigenvalue weighted by molar-refractivity contribution is -0.132. The Balaban J connectivity index is 1.58. The summed E-state index contributed by atoms with van der Waals surface area (Å²) in [5, 5.41) is 0. The van der Waals surface area contributed by atoms with Crippen LogP contribution >= 0.6 is 11.6 Å². The van der Waals surface area contributed by atoms with Crippen LogP contribution in [0.5, 0.6) is 5.88 Å². The quantitative estimate of drug-likeness (QED) is 0.813. The van der Waals surface area contributed by atoms with Crippen molar-refractivity contribution in [2.45, 2.75) is 25.4 Å². The van der Waals surface area contributed by atoms with Crippen molar-refractivity contribution in [2.24, 2.45) is 0 Å². The molecule has 1 aromatic heterocycles. The van der Waals surface area contributed by atoms with Gasteiger partial charge in [0.2, 0.25) is 11.8 Å². The normalized spacial score (nSPS) is 16.0. The molecule has 1 aliphatic heterocycles. The van der Waals surface area contributed by atoms with Crippen molar-refractivity contribution in [3.63, 3.8) is 0 Å². The Morgan fingerprint density at radius 2 is 2.00 bits per heavy atom. The molecule has 2 aromatic rings. The third-order valence-corrected chi connectivity index (χ3v) is 4.01. The van der Waals surface area contributed by atoms with Gasteiger partial charge in [0.15, 0.2) is 0 Å². The third-order valence-electron chi connectivity index (χ3n) is 3.82. The number of para-hydroxylation sites is 2. The van der Waals surface area contributed by atoms with Crippen LogP contribution in [0.3, 0.4) is 0 Å². The Bertz CT molecular complexity index is 657. The average molecular weight is 320 g/mol. The molecule has 0 aliphatic carbocycles. The van der Waals surface area contributed by atoms with Crippen LogP contribution in [0.4, 0.5) is 0 Å². The number of benzene rings is 1. The first-order chi connectivity index (χ1) is 10.8. The van der Waals surface area contributed by atoms with Crippen LogP contribution < -0.4 is 4.74 Å². The molecule has 0 bridgehead atoms. The number of halogens is 1. The number of amides is 1. The minimum absolute atomic E-state index is 0.0792. The number of nitrogens with zero attached hydrogens (tertiary/aromatic N) is 3. The maximum atomic E-state index is 11.8. The molecule has 1 saturated heterocycles. The zero-order valence-corrected chi connectivity index (χ0v) is 13.0. The van der Waals surface area contributed by atoms with E-state index >= 15 is 0 Å². The number of carbonyl (C=O) groups is 1. The summed E-state index contributed by atoms with van der Waals surface area (Å²) in [6.07, 6.45) is 3.76. The van der Waals surface area contributed by atoms with Crippen LogP contribution in [0.1, 0.15) is 19.3 Å². The van der Waals surface area contributed by atoms with E-state index in [0.717, 1.165) is 23.9 Å². The topological polar surface area (TPSA) is 55.3 Å². The van der Waals surface area contributed by atoms with Crippen LogP contribution in [0, 0.1) is 0 Å². The summed E-state index contributed by atoms with van der Waals surface area (Å²) in [6, 6.07) is 7.71. The molecule has 22 heavy (non-hydrogen) atoms. The molecule has 0 unspecified atom stereocenters. The second-order valence-electron chi connectivity index (χ2n) is 5.33. The Kier molecular flexibility index (Phi) is 4.73. The van der Waals surface area contributed by atoms with Gasteiger partial charge >= 0.3 is 0 Å². The summed E-state index contributed by atoms with van der Waals surface area (Å²) in [5.74, 6) is 1.05. The molecule has 0 N–H and O–H groups in total.